The molecule has 0 aliphatic carbocycles. The Kier molecular flexibility index (Phi) is 7.74. The summed E-state index contributed by atoms with van der Waals surface area (Å²) in [7, 11) is 1.80. The number of rotatable bonds is 6. The molecule has 152 valence electrons. The second kappa shape index (κ2) is 10.3. The van der Waals surface area contributed by atoms with Gasteiger partial charge in [0.2, 0.25) is 0 Å². The van der Waals surface area contributed by atoms with Crippen molar-refractivity contribution < 1.29 is 4.42 Å². The van der Waals surface area contributed by atoms with Gasteiger partial charge in [0.05, 0.1) is 24.5 Å². The smallest absolute Gasteiger partial charge is 0.193 e. The molecule has 0 spiro atoms. The van der Waals surface area contributed by atoms with Crippen molar-refractivity contribution >= 4 is 46.2 Å². The summed E-state index contributed by atoms with van der Waals surface area (Å²) >= 11 is 1.64. The summed E-state index contributed by atoms with van der Waals surface area (Å²) in [5.74, 6) is 1.79. The molecule has 3 aromatic heterocycles. The van der Waals surface area contributed by atoms with Gasteiger partial charge in [-0.2, -0.15) is 0 Å². The SMILES string of the molecule is CN=C(NCc1cn2ccsc2n1)NCC(c1ccco1)N1CCCCC1.I. The number of furan rings is 1. The predicted octanol–water partition coefficient (Wildman–Crippen LogP) is 3.50. The molecule has 0 bridgehead atoms. The summed E-state index contributed by atoms with van der Waals surface area (Å²) in [4.78, 5) is 12.5. The Balaban J connectivity index is 0.00000225. The minimum Gasteiger partial charge on any atom is -0.468 e. The molecule has 0 aromatic carbocycles. The molecule has 0 saturated carbocycles. The van der Waals surface area contributed by atoms with Crippen LogP contribution in [0.3, 0.4) is 0 Å². The van der Waals surface area contributed by atoms with Gasteiger partial charge in [0.1, 0.15) is 5.76 Å². The summed E-state index contributed by atoms with van der Waals surface area (Å²) in [6.07, 6.45) is 9.65. The van der Waals surface area contributed by atoms with Crippen LogP contribution < -0.4 is 10.6 Å². The number of guanidine groups is 1. The normalized spacial score (nSPS) is 16.7. The van der Waals surface area contributed by atoms with E-state index in [1.807, 2.05) is 28.2 Å². The summed E-state index contributed by atoms with van der Waals surface area (Å²) in [6, 6.07) is 4.25. The Bertz CT molecular complexity index is 840. The second-order valence-corrected chi connectivity index (χ2v) is 7.63. The van der Waals surface area contributed by atoms with Crippen molar-refractivity contribution in [2.45, 2.75) is 31.8 Å². The summed E-state index contributed by atoms with van der Waals surface area (Å²) in [6.45, 7) is 3.63. The van der Waals surface area contributed by atoms with Gasteiger partial charge in [-0.3, -0.25) is 14.3 Å². The van der Waals surface area contributed by atoms with Crippen LogP contribution in [0.4, 0.5) is 0 Å². The number of hydrogen-bond acceptors (Lipinski definition) is 5. The van der Waals surface area contributed by atoms with E-state index in [0.29, 0.717) is 6.54 Å². The molecule has 7 nitrogen and oxygen atoms in total. The molecule has 1 fully saturated rings. The monoisotopic (exact) mass is 514 g/mol. The first-order valence-corrected chi connectivity index (χ1v) is 10.3. The Morgan fingerprint density at radius 3 is 2.89 bits per heavy atom. The molecule has 1 atom stereocenters. The molecule has 1 saturated heterocycles. The first-order chi connectivity index (χ1) is 13.3. The molecule has 4 heterocycles. The Morgan fingerprint density at radius 2 is 2.18 bits per heavy atom. The van der Waals surface area contributed by atoms with Crippen LogP contribution in [0.25, 0.3) is 4.96 Å². The van der Waals surface area contributed by atoms with Crippen molar-refractivity contribution in [2.75, 3.05) is 26.7 Å². The number of halogens is 1. The molecule has 4 rings (SSSR count). The lowest BCUT2D eigenvalue weighted by atomic mass is 10.1. The van der Waals surface area contributed by atoms with Crippen LogP contribution >= 0.6 is 35.3 Å². The maximum Gasteiger partial charge on any atom is 0.193 e. The number of aliphatic imine (C=N–C) groups is 1. The zero-order chi connectivity index (χ0) is 18.5. The number of imidazole rings is 1. The number of aromatic nitrogens is 2. The molecular weight excluding hydrogens is 487 g/mol. The van der Waals surface area contributed by atoms with Gasteiger partial charge < -0.3 is 15.1 Å². The van der Waals surface area contributed by atoms with E-state index >= 15 is 0 Å². The second-order valence-electron chi connectivity index (χ2n) is 6.76. The summed E-state index contributed by atoms with van der Waals surface area (Å²) in [5, 5.41) is 8.85. The van der Waals surface area contributed by atoms with E-state index in [1.54, 1.807) is 24.6 Å². The lowest BCUT2D eigenvalue weighted by molar-refractivity contribution is 0.146. The highest BCUT2D eigenvalue weighted by molar-refractivity contribution is 14.0. The van der Waals surface area contributed by atoms with Crippen molar-refractivity contribution in [3.8, 4) is 0 Å². The van der Waals surface area contributed by atoms with Crippen LogP contribution in [0, 0.1) is 0 Å². The fourth-order valence-electron chi connectivity index (χ4n) is 3.57. The van der Waals surface area contributed by atoms with E-state index < -0.39 is 0 Å². The topological polar surface area (TPSA) is 70.1 Å². The molecule has 9 heteroatoms. The standard InChI is InChI=1S/C19H26N6OS.HI/c1-20-18(21-12-15-14-25-9-11-27-19(25)23-15)22-13-16(17-6-5-10-26-17)24-7-3-2-4-8-24;/h5-6,9-11,14,16H,2-4,7-8,12-13H2,1H3,(H2,20,21,22);1H. The van der Waals surface area contributed by atoms with Gasteiger partial charge in [-0.1, -0.05) is 6.42 Å². The quantitative estimate of drug-likeness (QED) is 0.300. The Labute approximate surface area is 186 Å². The van der Waals surface area contributed by atoms with Gasteiger partial charge in [0, 0.05) is 31.4 Å². The van der Waals surface area contributed by atoms with Crippen molar-refractivity contribution in [3.63, 3.8) is 0 Å². The fraction of sp³-hybridized carbons (Fsp3) is 0.474. The van der Waals surface area contributed by atoms with Crippen LogP contribution in [-0.2, 0) is 6.54 Å². The van der Waals surface area contributed by atoms with Crippen molar-refractivity contribution in [2.24, 2.45) is 4.99 Å². The van der Waals surface area contributed by atoms with Gasteiger partial charge >= 0.3 is 0 Å². The van der Waals surface area contributed by atoms with Gasteiger partial charge in [-0.05, 0) is 38.1 Å². The summed E-state index contributed by atoms with van der Waals surface area (Å²) < 4.78 is 7.76. The third-order valence-electron chi connectivity index (χ3n) is 4.97. The predicted molar refractivity (Wildman–Crippen MR) is 124 cm³/mol. The zero-order valence-corrected chi connectivity index (χ0v) is 19.2. The van der Waals surface area contributed by atoms with E-state index in [9.17, 15) is 0 Å². The minimum atomic E-state index is 0. The van der Waals surface area contributed by atoms with Gasteiger partial charge in [-0.15, -0.1) is 35.3 Å². The average Bonchev–Trinajstić information content (AvgIpc) is 3.43. The number of thiazole rings is 1. The molecule has 1 unspecified atom stereocenters. The number of nitrogens with one attached hydrogen (secondary N) is 2. The van der Waals surface area contributed by atoms with Crippen LogP contribution in [0.2, 0.25) is 0 Å². The average molecular weight is 514 g/mol. The highest BCUT2D eigenvalue weighted by Gasteiger charge is 2.24. The first kappa shape index (κ1) is 21.1. The third kappa shape index (κ3) is 5.06. The molecule has 1 aliphatic rings. The molecule has 3 aromatic rings. The van der Waals surface area contributed by atoms with Gasteiger partial charge in [0.25, 0.3) is 0 Å². The maximum atomic E-state index is 5.72. The number of piperidine rings is 1. The molecular formula is C19H27IN6OS. The Morgan fingerprint density at radius 1 is 1.32 bits per heavy atom. The van der Waals surface area contributed by atoms with E-state index in [-0.39, 0.29) is 30.0 Å². The van der Waals surface area contributed by atoms with Crippen molar-refractivity contribution in [3.05, 3.63) is 47.6 Å². The number of fused-ring (bicyclic) bond motifs is 1. The number of nitrogens with zero attached hydrogens (tertiary/aromatic N) is 4. The van der Waals surface area contributed by atoms with E-state index in [4.69, 9.17) is 4.42 Å². The fourth-order valence-corrected chi connectivity index (χ4v) is 4.29. The zero-order valence-electron chi connectivity index (χ0n) is 16.0. The summed E-state index contributed by atoms with van der Waals surface area (Å²) in [5.41, 5.74) is 1.00. The van der Waals surface area contributed by atoms with Crippen molar-refractivity contribution in [1.82, 2.24) is 24.9 Å². The molecule has 2 N–H and O–H groups in total. The van der Waals surface area contributed by atoms with Crippen LogP contribution in [0.5, 0.6) is 0 Å². The largest absolute Gasteiger partial charge is 0.468 e. The lowest BCUT2D eigenvalue weighted by Crippen LogP contribution is -2.44. The van der Waals surface area contributed by atoms with Crippen LogP contribution in [0.15, 0.2) is 45.6 Å². The molecule has 28 heavy (non-hydrogen) atoms. The molecule has 0 amide bonds. The van der Waals surface area contributed by atoms with Gasteiger partial charge in [0.15, 0.2) is 10.9 Å². The minimum absolute atomic E-state index is 0. The van der Waals surface area contributed by atoms with Crippen LogP contribution in [-0.4, -0.2) is 46.9 Å². The maximum absolute atomic E-state index is 5.72. The van der Waals surface area contributed by atoms with Crippen LogP contribution in [0.1, 0.15) is 36.8 Å². The number of likely N-dealkylation sites (tertiary alicyclic amines) is 1. The van der Waals surface area contributed by atoms with E-state index in [0.717, 1.165) is 42.0 Å². The number of hydrogen-bond donors (Lipinski definition) is 2. The Hall–Kier alpha value is -1.59. The molecule has 1 aliphatic heterocycles. The van der Waals surface area contributed by atoms with Crippen molar-refractivity contribution in [1.29, 1.82) is 0 Å². The van der Waals surface area contributed by atoms with Gasteiger partial charge in [-0.25, -0.2) is 4.98 Å². The first-order valence-electron chi connectivity index (χ1n) is 9.46. The third-order valence-corrected chi connectivity index (χ3v) is 5.74. The lowest BCUT2D eigenvalue weighted by Gasteiger charge is -2.33. The highest BCUT2D eigenvalue weighted by Crippen LogP contribution is 2.24. The van der Waals surface area contributed by atoms with E-state index in [1.165, 1.54) is 19.3 Å². The highest BCUT2D eigenvalue weighted by atomic mass is 127. The van der Waals surface area contributed by atoms with E-state index in [2.05, 4.69) is 31.6 Å². The molecule has 0 radical (unpaired) electrons.